The van der Waals surface area contributed by atoms with Crippen molar-refractivity contribution >= 4 is 16.6 Å². The van der Waals surface area contributed by atoms with E-state index in [2.05, 4.69) is 29.3 Å². The molecule has 3 aromatic rings. The third-order valence-electron chi connectivity index (χ3n) is 3.04. The van der Waals surface area contributed by atoms with Gasteiger partial charge in [0, 0.05) is 5.39 Å². The van der Waals surface area contributed by atoms with Crippen LogP contribution in [0.5, 0.6) is 0 Å². The highest BCUT2D eigenvalue weighted by molar-refractivity contribution is 5.85. The molecule has 2 N–H and O–H groups in total. The largest absolute Gasteiger partial charge is 0.322 e. The van der Waals surface area contributed by atoms with Crippen molar-refractivity contribution in [3.8, 4) is 0 Å². The van der Waals surface area contributed by atoms with Gasteiger partial charge < -0.3 is 5.73 Å². The molecular weight excluding hydrogens is 212 g/mol. The van der Waals surface area contributed by atoms with Gasteiger partial charge in [-0.3, -0.25) is 4.40 Å². The van der Waals surface area contributed by atoms with Crippen molar-refractivity contribution in [1.29, 1.82) is 0 Å². The van der Waals surface area contributed by atoms with Crippen molar-refractivity contribution in [2.24, 2.45) is 5.73 Å². The van der Waals surface area contributed by atoms with Gasteiger partial charge in [0.05, 0.1) is 11.6 Å². The number of hydrogen-bond acceptors (Lipinski definition) is 3. The molecule has 17 heavy (non-hydrogen) atoms. The van der Waals surface area contributed by atoms with Gasteiger partial charge in [-0.05, 0) is 31.5 Å². The minimum Gasteiger partial charge on any atom is -0.322 e. The number of pyridine rings is 1. The topological polar surface area (TPSA) is 56.2 Å². The first-order valence-corrected chi connectivity index (χ1v) is 5.67. The van der Waals surface area contributed by atoms with E-state index >= 15 is 0 Å². The first-order chi connectivity index (χ1) is 8.18. The van der Waals surface area contributed by atoms with Gasteiger partial charge in [0.25, 0.3) is 0 Å². The Kier molecular flexibility index (Phi) is 2.12. The second-order valence-corrected chi connectivity index (χ2v) is 4.38. The summed E-state index contributed by atoms with van der Waals surface area (Å²) >= 11 is 0. The number of fused-ring (bicyclic) bond motifs is 3. The molecule has 0 aliphatic heterocycles. The fourth-order valence-corrected chi connectivity index (χ4v) is 2.22. The smallest absolute Gasteiger partial charge is 0.161 e. The average Bonchev–Trinajstić information content (AvgIpc) is 2.73. The zero-order valence-corrected chi connectivity index (χ0v) is 9.88. The molecule has 86 valence electrons. The summed E-state index contributed by atoms with van der Waals surface area (Å²) in [6.45, 7) is 4.01. The number of nitrogens with zero attached hydrogens (tertiary/aromatic N) is 3. The first-order valence-electron chi connectivity index (χ1n) is 5.67. The summed E-state index contributed by atoms with van der Waals surface area (Å²) in [5.74, 6) is 0.802. The maximum Gasteiger partial charge on any atom is 0.161 e. The highest BCUT2D eigenvalue weighted by Crippen LogP contribution is 2.22. The minimum absolute atomic E-state index is 0.129. The Balaban J connectivity index is 2.55. The monoisotopic (exact) mass is 226 g/mol. The molecule has 1 unspecified atom stereocenters. The zero-order chi connectivity index (χ0) is 12.0. The summed E-state index contributed by atoms with van der Waals surface area (Å²) in [6, 6.07) is 10.2. The summed E-state index contributed by atoms with van der Waals surface area (Å²) < 4.78 is 2.03. The number of benzene rings is 1. The van der Waals surface area contributed by atoms with E-state index in [0.29, 0.717) is 0 Å². The van der Waals surface area contributed by atoms with E-state index in [4.69, 9.17) is 5.73 Å². The average molecular weight is 226 g/mol. The quantitative estimate of drug-likeness (QED) is 0.692. The summed E-state index contributed by atoms with van der Waals surface area (Å²) in [4.78, 5) is 0. The van der Waals surface area contributed by atoms with Crippen LogP contribution in [0.3, 0.4) is 0 Å². The van der Waals surface area contributed by atoms with Crippen LogP contribution in [-0.4, -0.2) is 14.6 Å². The van der Waals surface area contributed by atoms with Gasteiger partial charge in [0.1, 0.15) is 0 Å². The van der Waals surface area contributed by atoms with E-state index in [9.17, 15) is 0 Å². The molecule has 0 spiro atoms. The molecule has 2 aromatic heterocycles. The van der Waals surface area contributed by atoms with Gasteiger partial charge in [0.2, 0.25) is 0 Å². The van der Waals surface area contributed by atoms with Crippen LogP contribution in [0.2, 0.25) is 0 Å². The maximum atomic E-state index is 5.93. The van der Waals surface area contributed by atoms with Gasteiger partial charge in [-0.2, -0.15) is 0 Å². The van der Waals surface area contributed by atoms with Gasteiger partial charge in [-0.15, -0.1) is 10.2 Å². The number of hydrogen-bond donors (Lipinski definition) is 1. The van der Waals surface area contributed by atoms with Crippen LogP contribution in [0, 0.1) is 6.92 Å². The number of aromatic nitrogens is 3. The molecule has 0 saturated heterocycles. The maximum absolute atomic E-state index is 5.93. The lowest BCUT2D eigenvalue weighted by Gasteiger charge is -2.08. The summed E-state index contributed by atoms with van der Waals surface area (Å²) in [5, 5.41) is 9.57. The van der Waals surface area contributed by atoms with Gasteiger partial charge >= 0.3 is 0 Å². The van der Waals surface area contributed by atoms with Crippen molar-refractivity contribution < 1.29 is 0 Å². The van der Waals surface area contributed by atoms with Gasteiger partial charge in [-0.1, -0.05) is 18.2 Å². The van der Waals surface area contributed by atoms with Crippen LogP contribution in [0.4, 0.5) is 0 Å². The zero-order valence-electron chi connectivity index (χ0n) is 9.88. The van der Waals surface area contributed by atoms with Gasteiger partial charge in [-0.25, -0.2) is 0 Å². The third-order valence-corrected chi connectivity index (χ3v) is 3.04. The fourth-order valence-electron chi connectivity index (χ4n) is 2.22. The van der Waals surface area contributed by atoms with Crippen LogP contribution in [0.1, 0.15) is 24.4 Å². The molecule has 3 rings (SSSR count). The predicted molar refractivity (Wildman–Crippen MR) is 67.8 cm³/mol. The number of rotatable bonds is 1. The molecule has 4 nitrogen and oxygen atoms in total. The van der Waals surface area contributed by atoms with Crippen molar-refractivity contribution in [3.63, 3.8) is 0 Å². The first kappa shape index (κ1) is 10.2. The SMILES string of the molecule is Cc1cc2nnc(C(C)N)n2c2ccccc12. The Bertz CT molecular complexity index is 697. The highest BCUT2D eigenvalue weighted by atomic mass is 15.3. The predicted octanol–water partition coefficient (Wildman–Crippen LogP) is 2.21. The highest BCUT2D eigenvalue weighted by Gasteiger charge is 2.12. The number of aryl methyl sites for hydroxylation is 1. The van der Waals surface area contributed by atoms with Crippen LogP contribution < -0.4 is 5.73 Å². The summed E-state index contributed by atoms with van der Waals surface area (Å²) in [6.07, 6.45) is 0. The van der Waals surface area contributed by atoms with E-state index < -0.39 is 0 Å². The molecule has 4 heteroatoms. The van der Waals surface area contributed by atoms with Crippen molar-refractivity contribution in [2.75, 3.05) is 0 Å². The molecule has 0 aliphatic rings. The lowest BCUT2D eigenvalue weighted by Crippen LogP contribution is -2.10. The second kappa shape index (κ2) is 3.53. The molecule has 0 fully saturated rings. The molecule has 0 amide bonds. The van der Waals surface area contributed by atoms with E-state index in [1.165, 1.54) is 10.9 Å². The lowest BCUT2D eigenvalue weighted by molar-refractivity contribution is 0.732. The van der Waals surface area contributed by atoms with E-state index in [0.717, 1.165) is 17.0 Å². The summed E-state index contributed by atoms with van der Waals surface area (Å²) in [5.41, 5.74) is 9.10. The second-order valence-electron chi connectivity index (χ2n) is 4.38. The fraction of sp³-hybridized carbons (Fsp3) is 0.231. The Hall–Kier alpha value is -1.94. The standard InChI is InChI=1S/C13H14N4/c1-8-7-12-15-16-13(9(2)14)17(12)11-6-4-3-5-10(8)11/h3-7,9H,14H2,1-2H3. The minimum atomic E-state index is -0.129. The Labute approximate surface area is 99.1 Å². The third kappa shape index (κ3) is 1.41. The van der Waals surface area contributed by atoms with Crippen LogP contribution in [0.15, 0.2) is 30.3 Å². The van der Waals surface area contributed by atoms with Crippen molar-refractivity contribution in [3.05, 3.63) is 41.7 Å². The number of nitrogens with two attached hydrogens (primary N) is 1. The Morgan fingerprint density at radius 3 is 2.76 bits per heavy atom. The summed E-state index contributed by atoms with van der Waals surface area (Å²) in [7, 11) is 0. The van der Waals surface area contributed by atoms with Crippen LogP contribution in [0.25, 0.3) is 16.6 Å². The van der Waals surface area contributed by atoms with E-state index in [1.807, 2.05) is 29.5 Å². The van der Waals surface area contributed by atoms with Crippen molar-refractivity contribution in [1.82, 2.24) is 14.6 Å². The van der Waals surface area contributed by atoms with Crippen LogP contribution in [-0.2, 0) is 0 Å². The molecule has 2 heterocycles. The Morgan fingerprint density at radius 2 is 2.00 bits per heavy atom. The molecule has 0 aliphatic carbocycles. The number of para-hydroxylation sites is 1. The van der Waals surface area contributed by atoms with Crippen molar-refractivity contribution in [2.45, 2.75) is 19.9 Å². The molecule has 1 atom stereocenters. The molecule has 1 aromatic carbocycles. The van der Waals surface area contributed by atoms with E-state index in [1.54, 1.807) is 0 Å². The molecular formula is C13H14N4. The van der Waals surface area contributed by atoms with Gasteiger partial charge in [0.15, 0.2) is 11.5 Å². The Morgan fingerprint density at radius 1 is 1.24 bits per heavy atom. The molecule has 0 saturated carbocycles. The molecule has 0 bridgehead atoms. The lowest BCUT2D eigenvalue weighted by atomic mass is 10.1. The molecule has 0 radical (unpaired) electrons. The van der Waals surface area contributed by atoms with E-state index in [-0.39, 0.29) is 6.04 Å². The normalized spacial score (nSPS) is 13.4. The van der Waals surface area contributed by atoms with Crippen LogP contribution >= 0.6 is 0 Å².